The maximum absolute atomic E-state index is 11.9. The van der Waals surface area contributed by atoms with Crippen LogP contribution in [0.15, 0.2) is 0 Å². The van der Waals surface area contributed by atoms with Gasteiger partial charge in [-0.1, -0.05) is 27.2 Å². The molecule has 6 heteroatoms. The largest absolute Gasteiger partial charge is 0.355 e. The Bertz CT molecular complexity index is 541. The van der Waals surface area contributed by atoms with E-state index < -0.39 is 0 Å². The molecule has 1 aliphatic carbocycles. The van der Waals surface area contributed by atoms with Crippen LogP contribution < -0.4 is 10.6 Å². The number of aryl methyl sites for hydroxylation is 2. The minimum absolute atomic E-state index is 0.0769. The van der Waals surface area contributed by atoms with Gasteiger partial charge in [0.2, 0.25) is 11.8 Å². The standard InChI is InChI=1S/C16H25N3O2S/c1-4-6-12-13(5-2)22-16(18-12)19-14(20)7-8-17-15(21)11-9-10(11)3/h10-11H,4-9H2,1-3H3,(H,17,21)(H,18,19,20)/t10-,11-/m0/s1. The van der Waals surface area contributed by atoms with Gasteiger partial charge < -0.3 is 10.6 Å². The number of carbonyl (C=O) groups is 2. The maximum atomic E-state index is 11.9. The molecule has 2 amide bonds. The van der Waals surface area contributed by atoms with Crippen molar-refractivity contribution in [3.8, 4) is 0 Å². The van der Waals surface area contributed by atoms with E-state index in [0.717, 1.165) is 31.4 Å². The number of thiazole rings is 1. The van der Waals surface area contributed by atoms with Crippen molar-refractivity contribution < 1.29 is 9.59 Å². The van der Waals surface area contributed by atoms with E-state index in [1.807, 2.05) is 0 Å². The number of hydrogen-bond donors (Lipinski definition) is 2. The first kappa shape index (κ1) is 16.9. The highest BCUT2D eigenvalue weighted by Crippen LogP contribution is 2.37. The lowest BCUT2D eigenvalue weighted by molar-refractivity contribution is -0.122. The highest BCUT2D eigenvalue weighted by Gasteiger charge is 2.38. The highest BCUT2D eigenvalue weighted by atomic mass is 32.1. The second-order valence-corrected chi connectivity index (χ2v) is 6.98. The van der Waals surface area contributed by atoms with E-state index in [-0.39, 0.29) is 24.2 Å². The van der Waals surface area contributed by atoms with Crippen molar-refractivity contribution in [2.75, 3.05) is 11.9 Å². The van der Waals surface area contributed by atoms with Crippen LogP contribution in [0.1, 0.15) is 50.6 Å². The second-order valence-electron chi connectivity index (χ2n) is 5.90. The molecule has 1 heterocycles. The Kier molecular flexibility index (Phi) is 5.94. The molecule has 5 nitrogen and oxygen atoms in total. The fourth-order valence-electron chi connectivity index (χ4n) is 2.44. The third-order valence-corrected chi connectivity index (χ3v) is 5.09. The molecule has 0 bridgehead atoms. The fourth-order valence-corrected chi connectivity index (χ4v) is 3.41. The topological polar surface area (TPSA) is 71.1 Å². The van der Waals surface area contributed by atoms with E-state index in [1.54, 1.807) is 11.3 Å². The van der Waals surface area contributed by atoms with Crippen LogP contribution in [0.25, 0.3) is 0 Å². The van der Waals surface area contributed by atoms with Crippen molar-refractivity contribution in [1.82, 2.24) is 10.3 Å². The van der Waals surface area contributed by atoms with Gasteiger partial charge in [0.15, 0.2) is 5.13 Å². The molecule has 2 atom stereocenters. The van der Waals surface area contributed by atoms with Gasteiger partial charge in [-0.2, -0.15) is 0 Å². The van der Waals surface area contributed by atoms with E-state index in [4.69, 9.17) is 0 Å². The Balaban J connectivity index is 1.75. The molecule has 0 saturated heterocycles. The smallest absolute Gasteiger partial charge is 0.227 e. The van der Waals surface area contributed by atoms with Gasteiger partial charge in [-0.25, -0.2) is 4.98 Å². The number of nitrogens with zero attached hydrogens (tertiary/aromatic N) is 1. The Morgan fingerprint density at radius 1 is 1.36 bits per heavy atom. The number of carbonyl (C=O) groups excluding carboxylic acids is 2. The molecule has 0 radical (unpaired) electrons. The van der Waals surface area contributed by atoms with Gasteiger partial charge in [0.1, 0.15) is 0 Å². The van der Waals surface area contributed by atoms with Gasteiger partial charge in [-0.3, -0.25) is 9.59 Å². The van der Waals surface area contributed by atoms with Crippen LogP contribution >= 0.6 is 11.3 Å². The summed E-state index contributed by atoms with van der Waals surface area (Å²) in [6, 6.07) is 0. The zero-order valence-corrected chi connectivity index (χ0v) is 14.4. The Morgan fingerprint density at radius 3 is 2.68 bits per heavy atom. The van der Waals surface area contributed by atoms with Crippen LogP contribution in [-0.2, 0) is 22.4 Å². The van der Waals surface area contributed by atoms with Gasteiger partial charge in [-0.05, 0) is 25.2 Å². The van der Waals surface area contributed by atoms with Crippen LogP contribution in [0.2, 0.25) is 0 Å². The van der Waals surface area contributed by atoms with E-state index in [0.29, 0.717) is 17.6 Å². The van der Waals surface area contributed by atoms with Crippen molar-refractivity contribution in [3.63, 3.8) is 0 Å². The maximum Gasteiger partial charge on any atom is 0.227 e. The van der Waals surface area contributed by atoms with Crippen molar-refractivity contribution in [2.24, 2.45) is 11.8 Å². The number of anilines is 1. The Labute approximate surface area is 135 Å². The number of rotatable bonds is 8. The van der Waals surface area contributed by atoms with E-state index >= 15 is 0 Å². The number of aromatic nitrogens is 1. The molecule has 22 heavy (non-hydrogen) atoms. The molecule has 1 aromatic heterocycles. The third-order valence-electron chi connectivity index (χ3n) is 3.93. The molecule has 0 unspecified atom stereocenters. The van der Waals surface area contributed by atoms with Gasteiger partial charge in [0.05, 0.1) is 5.69 Å². The number of hydrogen-bond acceptors (Lipinski definition) is 4. The van der Waals surface area contributed by atoms with Gasteiger partial charge in [0, 0.05) is 23.8 Å². The second kappa shape index (κ2) is 7.72. The first-order valence-corrected chi connectivity index (χ1v) is 8.92. The van der Waals surface area contributed by atoms with Gasteiger partial charge >= 0.3 is 0 Å². The first-order chi connectivity index (χ1) is 10.5. The summed E-state index contributed by atoms with van der Waals surface area (Å²) in [6.45, 7) is 6.69. The lowest BCUT2D eigenvalue weighted by Gasteiger charge is -2.04. The van der Waals surface area contributed by atoms with Crippen LogP contribution in [-0.4, -0.2) is 23.3 Å². The zero-order valence-electron chi connectivity index (χ0n) is 13.6. The average Bonchev–Trinajstić information content (AvgIpc) is 3.09. The molecular formula is C16H25N3O2S. The summed E-state index contributed by atoms with van der Waals surface area (Å²) in [4.78, 5) is 29.3. The molecule has 122 valence electrons. The molecule has 0 aliphatic heterocycles. The SMILES string of the molecule is CCCc1nc(NC(=O)CCNC(=O)[C@H]2C[C@@H]2C)sc1CC. The number of amides is 2. The number of nitrogens with one attached hydrogen (secondary N) is 2. The van der Waals surface area contributed by atoms with Crippen molar-refractivity contribution in [3.05, 3.63) is 10.6 Å². The zero-order chi connectivity index (χ0) is 16.1. The first-order valence-electron chi connectivity index (χ1n) is 8.11. The molecule has 1 saturated carbocycles. The summed E-state index contributed by atoms with van der Waals surface area (Å²) in [5, 5.41) is 6.34. The van der Waals surface area contributed by atoms with E-state index in [9.17, 15) is 9.59 Å². The third kappa shape index (κ3) is 4.53. The highest BCUT2D eigenvalue weighted by molar-refractivity contribution is 7.15. The van der Waals surface area contributed by atoms with Gasteiger partial charge in [0.25, 0.3) is 0 Å². The minimum Gasteiger partial charge on any atom is -0.355 e. The van der Waals surface area contributed by atoms with E-state index in [2.05, 4.69) is 36.4 Å². The summed E-state index contributed by atoms with van der Waals surface area (Å²) in [7, 11) is 0. The van der Waals surface area contributed by atoms with E-state index in [1.165, 1.54) is 4.88 Å². The van der Waals surface area contributed by atoms with Crippen molar-refractivity contribution in [1.29, 1.82) is 0 Å². The van der Waals surface area contributed by atoms with Crippen molar-refractivity contribution >= 4 is 28.3 Å². The molecule has 1 fully saturated rings. The molecule has 1 aromatic rings. The average molecular weight is 323 g/mol. The lowest BCUT2D eigenvalue weighted by Crippen LogP contribution is -2.29. The van der Waals surface area contributed by atoms with Crippen LogP contribution in [0.3, 0.4) is 0 Å². The molecule has 2 N–H and O–H groups in total. The predicted octanol–water partition coefficient (Wildman–Crippen LogP) is 2.76. The molecule has 0 spiro atoms. The normalized spacial score (nSPS) is 19.8. The Hall–Kier alpha value is -1.43. The molecule has 1 aliphatic rings. The van der Waals surface area contributed by atoms with Crippen LogP contribution in [0.4, 0.5) is 5.13 Å². The van der Waals surface area contributed by atoms with Gasteiger partial charge in [-0.15, -0.1) is 11.3 Å². The summed E-state index contributed by atoms with van der Waals surface area (Å²) >= 11 is 1.55. The monoisotopic (exact) mass is 323 g/mol. The van der Waals surface area contributed by atoms with Crippen molar-refractivity contribution in [2.45, 2.75) is 52.9 Å². The molecule has 0 aromatic carbocycles. The Morgan fingerprint density at radius 2 is 2.09 bits per heavy atom. The fraction of sp³-hybridized carbons (Fsp3) is 0.688. The minimum atomic E-state index is -0.0939. The summed E-state index contributed by atoms with van der Waals surface area (Å²) in [6.07, 6.45) is 4.20. The summed E-state index contributed by atoms with van der Waals surface area (Å²) in [5.74, 6) is 0.635. The molecule has 2 rings (SSSR count). The predicted molar refractivity (Wildman–Crippen MR) is 89.0 cm³/mol. The van der Waals surface area contributed by atoms with Crippen LogP contribution in [0, 0.1) is 11.8 Å². The molecular weight excluding hydrogens is 298 g/mol. The quantitative estimate of drug-likeness (QED) is 0.773. The summed E-state index contributed by atoms with van der Waals surface area (Å²) in [5.41, 5.74) is 1.10. The lowest BCUT2D eigenvalue weighted by atomic mass is 10.2. The summed E-state index contributed by atoms with van der Waals surface area (Å²) < 4.78 is 0. The van der Waals surface area contributed by atoms with Crippen LogP contribution in [0.5, 0.6) is 0 Å².